The van der Waals surface area contributed by atoms with Crippen LogP contribution in [-0.4, -0.2) is 19.0 Å². The lowest BCUT2D eigenvalue weighted by atomic mass is 10.1. The lowest BCUT2D eigenvalue weighted by Gasteiger charge is -2.14. The number of hydrogen-bond acceptors (Lipinski definition) is 3. The van der Waals surface area contributed by atoms with Gasteiger partial charge in [-0.25, -0.2) is 0 Å². The number of hydrogen-bond donors (Lipinski definition) is 0. The molecule has 1 rings (SSSR count). The molecule has 0 fully saturated rings. The Hall–Kier alpha value is -1.26. The Bertz CT molecular complexity index is 461. The fourth-order valence-electron chi connectivity index (χ4n) is 1.23. The van der Waals surface area contributed by atoms with Crippen LogP contribution in [0, 0.1) is 10.1 Å². The predicted molar refractivity (Wildman–Crippen MR) is 71.4 cm³/mol. The van der Waals surface area contributed by atoms with Crippen LogP contribution in [0.15, 0.2) is 17.8 Å². The maximum atomic E-state index is 10.5. The van der Waals surface area contributed by atoms with Gasteiger partial charge in [-0.1, -0.05) is 23.2 Å². The second kappa shape index (κ2) is 5.38. The van der Waals surface area contributed by atoms with Crippen molar-refractivity contribution in [2.45, 2.75) is 6.92 Å². The molecule has 0 amide bonds. The SMILES string of the molecule is C/C(=C/c1c(Cl)cc(N(C)C)cc1Cl)[N+](=O)[O-]. The van der Waals surface area contributed by atoms with Crippen LogP contribution in [-0.2, 0) is 0 Å². The van der Waals surface area contributed by atoms with Crippen molar-refractivity contribution < 1.29 is 4.92 Å². The van der Waals surface area contributed by atoms with Crippen LogP contribution >= 0.6 is 23.2 Å². The molecule has 0 aromatic heterocycles. The third-order valence-corrected chi connectivity index (χ3v) is 2.85. The molecule has 0 saturated heterocycles. The first kappa shape index (κ1) is 13.8. The van der Waals surface area contributed by atoms with E-state index in [4.69, 9.17) is 23.2 Å². The Morgan fingerprint density at radius 3 is 2.18 bits per heavy atom. The summed E-state index contributed by atoms with van der Waals surface area (Å²) >= 11 is 12.1. The summed E-state index contributed by atoms with van der Waals surface area (Å²) < 4.78 is 0. The highest BCUT2D eigenvalue weighted by Gasteiger charge is 2.11. The highest BCUT2D eigenvalue weighted by Crippen LogP contribution is 2.31. The first-order valence-corrected chi connectivity index (χ1v) is 5.57. The third-order valence-electron chi connectivity index (χ3n) is 2.22. The zero-order valence-electron chi connectivity index (χ0n) is 9.70. The van der Waals surface area contributed by atoms with Crippen molar-refractivity contribution in [3.8, 4) is 0 Å². The van der Waals surface area contributed by atoms with Crippen LogP contribution < -0.4 is 4.90 Å². The first-order valence-electron chi connectivity index (χ1n) is 4.82. The molecule has 17 heavy (non-hydrogen) atoms. The van der Waals surface area contributed by atoms with Crippen LogP contribution in [0.2, 0.25) is 10.0 Å². The number of anilines is 1. The maximum absolute atomic E-state index is 10.5. The number of rotatable bonds is 3. The second-order valence-corrected chi connectivity index (χ2v) is 4.57. The van der Waals surface area contributed by atoms with E-state index in [1.807, 2.05) is 19.0 Å². The molecule has 92 valence electrons. The van der Waals surface area contributed by atoms with Gasteiger partial charge in [-0.2, -0.15) is 0 Å². The fourth-order valence-corrected chi connectivity index (χ4v) is 1.81. The van der Waals surface area contributed by atoms with Gasteiger partial charge in [0.05, 0.1) is 15.0 Å². The number of nitrogens with zero attached hydrogens (tertiary/aromatic N) is 2. The molecular formula is C11H12Cl2N2O2. The fraction of sp³-hybridized carbons (Fsp3) is 0.273. The van der Waals surface area contributed by atoms with Crippen LogP contribution in [0.4, 0.5) is 5.69 Å². The summed E-state index contributed by atoms with van der Waals surface area (Å²) in [5.41, 5.74) is 1.30. The van der Waals surface area contributed by atoms with E-state index in [-0.39, 0.29) is 5.70 Å². The molecule has 0 unspecified atom stereocenters. The molecule has 0 heterocycles. The summed E-state index contributed by atoms with van der Waals surface area (Å²) in [6.07, 6.45) is 1.37. The maximum Gasteiger partial charge on any atom is 0.243 e. The van der Waals surface area contributed by atoms with Gasteiger partial charge in [0.2, 0.25) is 5.70 Å². The molecule has 1 aromatic carbocycles. The van der Waals surface area contributed by atoms with E-state index < -0.39 is 4.92 Å². The second-order valence-electron chi connectivity index (χ2n) is 3.76. The quantitative estimate of drug-likeness (QED) is 0.624. The molecular weight excluding hydrogens is 263 g/mol. The number of allylic oxidation sites excluding steroid dienone is 1. The van der Waals surface area contributed by atoms with Gasteiger partial charge >= 0.3 is 0 Å². The van der Waals surface area contributed by atoms with E-state index in [1.54, 1.807) is 12.1 Å². The van der Waals surface area contributed by atoms with Crippen molar-refractivity contribution in [1.82, 2.24) is 0 Å². The molecule has 6 heteroatoms. The largest absolute Gasteiger partial charge is 0.378 e. The van der Waals surface area contributed by atoms with E-state index in [0.29, 0.717) is 15.6 Å². The molecule has 0 N–H and O–H groups in total. The average Bonchev–Trinajstić information content (AvgIpc) is 2.22. The Morgan fingerprint density at radius 1 is 1.35 bits per heavy atom. The predicted octanol–water partition coefficient (Wildman–Crippen LogP) is 3.70. The molecule has 0 spiro atoms. The van der Waals surface area contributed by atoms with Gasteiger partial charge in [0.15, 0.2) is 0 Å². The standard InChI is InChI=1S/C11H12Cl2N2O2/c1-7(15(16)17)4-9-10(12)5-8(14(2)3)6-11(9)13/h4-6H,1-3H3/b7-4-. The molecule has 0 aliphatic heterocycles. The minimum atomic E-state index is -0.480. The van der Waals surface area contributed by atoms with E-state index >= 15 is 0 Å². The van der Waals surface area contributed by atoms with Crippen molar-refractivity contribution >= 4 is 35.0 Å². The van der Waals surface area contributed by atoms with Gasteiger partial charge < -0.3 is 4.90 Å². The summed E-state index contributed by atoms with van der Waals surface area (Å²) in [4.78, 5) is 11.9. The smallest absolute Gasteiger partial charge is 0.243 e. The highest BCUT2D eigenvalue weighted by molar-refractivity contribution is 6.37. The van der Waals surface area contributed by atoms with E-state index in [0.717, 1.165) is 5.69 Å². The highest BCUT2D eigenvalue weighted by atomic mass is 35.5. The molecule has 0 saturated carbocycles. The van der Waals surface area contributed by atoms with Crippen molar-refractivity contribution in [3.05, 3.63) is 43.6 Å². The number of halogens is 2. The lowest BCUT2D eigenvalue weighted by molar-refractivity contribution is -0.422. The van der Waals surface area contributed by atoms with Crippen molar-refractivity contribution in [2.24, 2.45) is 0 Å². The van der Waals surface area contributed by atoms with Gasteiger partial charge in [0, 0.05) is 38.3 Å². The summed E-state index contributed by atoms with van der Waals surface area (Å²) in [5, 5.41) is 11.3. The normalized spacial score (nSPS) is 11.5. The van der Waals surface area contributed by atoms with Crippen LogP contribution in [0.25, 0.3) is 6.08 Å². The zero-order valence-corrected chi connectivity index (χ0v) is 11.2. The van der Waals surface area contributed by atoms with Gasteiger partial charge in [0.1, 0.15) is 0 Å². The summed E-state index contributed by atoms with van der Waals surface area (Å²) in [5.74, 6) is 0. The summed E-state index contributed by atoms with van der Waals surface area (Å²) in [6.45, 7) is 1.40. The van der Waals surface area contributed by atoms with Crippen LogP contribution in [0.5, 0.6) is 0 Å². The summed E-state index contributed by atoms with van der Waals surface area (Å²) in [7, 11) is 3.72. The molecule has 0 bridgehead atoms. The molecule has 1 aromatic rings. The Morgan fingerprint density at radius 2 is 1.82 bits per heavy atom. The van der Waals surface area contributed by atoms with E-state index in [2.05, 4.69) is 0 Å². The lowest BCUT2D eigenvalue weighted by Crippen LogP contribution is -2.08. The molecule has 0 atom stereocenters. The first-order chi connectivity index (χ1) is 7.82. The van der Waals surface area contributed by atoms with Gasteiger partial charge in [0.25, 0.3) is 0 Å². The minimum Gasteiger partial charge on any atom is -0.378 e. The Kier molecular flexibility index (Phi) is 4.37. The van der Waals surface area contributed by atoms with Crippen molar-refractivity contribution in [3.63, 3.8) is 0 Å². The Balaban J connectivity index is 3.28. The van der Waals surface area contributed by atoms with Crippen LogP contribution in [0.3, 0.4) is 0 Å². The van der Waals surface area contributed by atoms with E-state index in [9.17, 15) is 10.1 Å². The summed E-state index contributed by atoms with van der Waals surface area (Å²) in [6, 6.07) is 3.43. The molecule has 4 nitrogen and oxygen atoms in total. The zero-order chi connectivity index (χ0) is 13.2. The molecule has 0 radical (unpaired) electrons. The topological polar surface area (TPSA) is 46.4 Å². The van der Waals surface area contributed by atoms with Gasteiger partial charge in [-0.05, 0) is 12.1 Å². The Labute approximate surface area is 110 Å². The third kappa shape index (κ3) is 3.35. The van der Waals surface area contributed by atoms with Gasteiger partial charge in [-0.3, -0.25) is 10.1 Å². The minimum absolute atomic E-state index is 0.00796. The average molecular weight is 275 g/mol. The monoisotopic (exact) mass is 274 g/mol. The van der Waals surface area contributed by atoms with Crippen molar-refractivity contribution in [1.29, 1.82) is 0 Å². The number of benzene rings is 1. The molecule has 0 aliphatic carbocycles. The van der Waals surface area contributed by atoms with Crippen LogP contribution in [0.1, 0.15) is 12.5 Å². The van der Waals surface area contributed by atoms with E-state index in [1.165, 1.54) is 13.0 Å². The number of nitro groups is 1. The van der Waals surface area contributed by atoms with Gasteiger partial charge in [-0.15, -0.1) is 0 Å². The molecule has 0 aliphatic rings. The van der Waals surface area contributed by atoms with Crippen molar-refractivity contribution in [2.75, 3.05) is 19.0 Å².